The average Bonchev–Trinajstić information content (AvgIpc) is 3.12. The molecule has 2 atom stereocenters. The number of phosphoric ester groups is 1. The van der Waals surface area contributed by atoms with Crippen molar-refractivity contribution in [3.05, 3.63) is 0 Å². The molecule has 0 saturated carbocycles. The number of nitrogens with zero attached hydrogens (tertiary/aromatic N) is 2. The maximum absolute atomic E-state index is 14.5. The Morgan fingerprint density at radius 2 is 0.788 bits per heavy atom. The lowest BCUT2D eigenvalue weighted by molar-refractivity contribution is -0.448. The fourth-order valence-electron chi connectivity index (χ4n) is 4.06. The summed E-state index contributed by atoms with van der Waals surface area (Å²) in [4.78, 5) is 12.5. The molecule has 0 aliphatic heterocycles. The van der Waals surface area contributed by atoms with Gasteiger partial charge in [-0.25, -0.2) is 8.42 Å². The molecule has 0 aromatic rings. The van der Waals surface area contributed by atoms with Gasteiger partial charge in [0, 0.05) is 19.6 Å². The molecule has 44 heteroatoms. The Kier molecular flexibility index (Phi) is 17.8. The predicted molar refractivity (Wildman–Crippen MR) is 148 cm³/mol. The molecule has 0 bridgehead atoms. The van der Waals surface area contributed by atoms with Crippen LogP contribution in [0.4, 0.5) is 132 Å². The average molecular weight is 1120 g/mol. The molecule has 0 amide bonds. The minimum Gasteiger partial charge on any atom is -0.604 e. The number of phosphoric acid groups is 1. The van der Waals surface area contributed by atoms with Gasteiger partial charge < -0.3 is 4.89 Å². The van der Waals surface area contributed by atoms with Crippen LogP contribution in [-0.2, 0) is 42.9 Å². The van der Waals surface area contributed by atoms with Crippen LogP contribution in [0.25, 0.3) is 0 Å². The number of hydrogen-bond acceptors (Lipinski definition) is 8. The van der Waals surface area contributed by atoms with E-state index < -0.39 is 159 Å². The summed E-state index contributed by atoms with van der Waals surface area (Å²) in [7, 11) is -21.9. The topological polar surface area (TPSA) is 154 Å². The van der Waals surface area contributed by atoms with Crippen LogP contribution >= 0.6 is 8.17 Å². The molecule has 0 rings (SSSR count). The molecule has 0 aromatic heterocycles. The maximum Gasteiger partial charge on any atom is 0.535 e. The lowest BCUT2D eigenvalue weighted by atomic mass is 9.94. The molecule has 0 fully saturated rings. The maximum atomic E-state index is 14.5. The second-order valence-corrected chi connectivity index (χ2v) is 17.6. The third kappa shape index (κ3) is 9.40. The van der Waals surface area contributed by atoms with Crippen LogP contribution in [-0.4, -0.2) is 139 Å². The summed E-state index contributed by atoms with van der Waals surface area (Å²) in [6.45, 7) is -12.3. The Balaban J connectivity index is 6.55. The normalized spacial score (nSPS) is 18.0. The molecule has 0 aromatic carbocycles. The molecule has 0 saturated heterocycles. The number of likely N-dealkylation sites (N-methyl/N-ethyl adjacent to an activating group) is 2. The molecule has 0 aliphatic carbocycles. The first-order valence-corrected chi connectivity index (χ1v) is 19.7. The van der Waals surface area contributed by atoms with Crippen molar-refractivity contribution < 1.29 is 167 Å². The number of alkyl halides is 30. The van der Waals surface area contributed by atoms with Crippen molar-refractivity contribution in [1.29, 1.82) is 0 Å². The van der Waals surface area contributed by atoms with Gasteiger partial charge in [-0.3, -0.25) is 0 Å². The fourth-order valence-corrected chi connectivity index (χ4v) is 7.73. The zero-order chi connectivity index (χ0) is 54.0. The van der Waals surface area contributed by atoms with E-state index in [1.54, 1.807) is 0 Å². The molecule has 1 radical (unpaired) electrons. The van der Waals surface area contributed by atoms with E-state index >= 15 is 0 Å². The van der Waals surface area contributed by atoms with Crippen LogP contribution < -0.4 is 10.8 Å². The quantitative estimate of drug-likeness (QED) is 0.0415. The van der Waals surface area contributed by atoms with Crippen molar-refractivity contribution in [1.82, 2.24) is 8.61 Å². The van der Waals surface area contributed by atoms with E-state index in [1.807, 2.05) is 0 Å². The monoisotopic (exact) mass is 1120 g/mol. The van der Waals surface area contributed by atoms with Crippen molar-refractivity contribution in [2.24, 2.45) is 5.90 Å². The van der Waals surface area contributed by atoms with Gasteiger partial charge in [0.1, 0.15) is 13.2 Å². The second kappa shape index (κ2) is 18.4. The molecule has 0 heterocycles. The van der Waals surface area contributed by atoms with Crippen molar-refractivity contribution in [3.63, 3.8) is 0 Å². The van der Waals surface area contributed by atoms with E-state index in [4.69, 9.17) is 0 Å². The van der Waals surface area contributed by atoms with Gasteiger partial charge in [-0.05, 0) is 11.1 Å². The van der Waals surface area contributed by atoms with Crippen LogP contribution in [0.1, 0.15) is 13.8 Å². The van der Waals surface area contributed by atoms with Gasteiger partial charge in [-0.2, -0.15) is 142 Å². The Hall–Kier alpha value is -1.89. The van der Waals surface area contributed by atoms with Crippen molar-refractivity contribution in [2.75, 3.05) is 39.4 Å². The van der Waals surface area contributed by atoms with Gasteiger partial charge in [0.05, 0.1) is 11.1 Å². The van der Waals surface area contributed by atoms with Gasteiger partial charge in [0.25, 0.3) is 10.0 Å². The lowest BCUT2D eigenvalue weighted by Gasteiger charge is -2.41. The molecule has 2 N–H and O–H groups in total. The van der Waals surface area contributed by atoms with Crippen LogP contribution in [0.3, 0.4) is 0 Å². The molecule has 0 spiro atoms. The largest absolute Gasteiger partial charge is 0.604 e. The van der Waals surface area contributed by atoms with Gasteiger partial charge in [-0.15, -0.1) is 8.78 Å². The van der Waals surface area contributed by atoms with E-state index in [1.165, 1.54) is 0 Å². The molecule has 11 nitrogen and oxygen atoms in total. The first-order chi connectivity index (χ1) is 28.4. The molecule has 397 valence electrons. The van der Waals surface area contributed by atoms with Gasteiger partial charge in [-0.1, -0.05) is 15.9 Å². The first-order valence-electron chi connectivity index (χ1n) is 15.3. The Labute approximate surface area is 346 Å². The number of nitrogens with two attached hydrogens (primary N) is 1. The summed E-state index contributed by atoms with van der Waals surface area (Å²) in [6, 6.07) is 0. The number of hydrogen-bond donors (Lipinski definition) is 1. The van der Waals surface area contributed by atoms with E-state index in [9.17, 15) is 154 Å². The van der Waals surface area contributed by atoms with Crippen LogP contribution in [0, 0.1) is 0 Å². The number of halogens is 30. The van der Waals surface area contributed by atoms with E-state index in [0.29, 0.717) is 0 Å². The highest BCUT2D eigenvalue weighted by atomic mass is 32.3. The summed E-state index contributed by atoms with van der Waals surface area (Å²) < 4.78 is 464. The lowest BCUT2D eigenvalue weighted by Crippen LogP contribution is -2.74. The smallest absolute Gasteiger partial charge is 0.535 e. The van der Waals surface area contributed by atoms with Gasteiger partial charge >= 0.3 is 101 Å². The molecular formula is C22H20F30N3O8PS2+. The van der Waals surface area contributed by atoms with Crippen LogP contribution in [0.5, 0.6) is 0 Å². The Morgan fingerprint density at radius 3 is 1.08 bits per heavy atom. The molecular weight excluding hydrogens is 1100 g/mol. The second-order valence-electron chi connectivity index (χ2n) is 12.0. The van der Waals surface area contributed by atoms with E-state index in [2.05, 4.69) is 19.6 Å². The zero-order valence-electron chi connectivity index (χ0n) is 30.6. The molecule has 2 unspecified atom stereocenters. The summed E-state index contributed by atoms with van der Waals surface area (Å²) in [6.07, 6.45) is -16.1. The first kappa shape index (κ1) is 64.1. The highest BCUT2D eigenvalue weighted by molar-refractivity contribution is 7.96. The zero-order valence-corrected chi connectivity index (χ0v) is 33.1. The minimum atomic E-state index is -8.95. The van der Waals surface area contributed by atoms with E-state index in [-0.39, 0.29) is 13.8 Å². The number of rotatable bonds is 25. The summed E-state index contributed by atoms with van der Waals surface area (Å²) in [5.74, 6) is -83.2. The third-order valence-corrected chi connectivity index (χ3v) is 13.2. The SMILES string of the molecule is CCN(CCO[P+]([O-])(ON)OCCN(CC)[S+]([O])(=O)C(F)(F)C(F)(F)C(F)(F)C(F)(F)C(F)(F)C(F)(F)C(F)(F)F)S(=O)(=O)C(F)(F)C(F)(F)C(F)(F)C(F)(F)C(F)(F)C(F)(F)C(F)(F)F. The van der Waals surface area contributed by atoms with Crippen molar-refractivity contribution >= 4 is 28.6 Å². The van der Waals surface area contributed by atoms with Crippen LogP contribution in [0.15, 0.2) is 0 Å². The Bertz CT molecular complexity index is 1850. The standard InChI is InChI=1S/C22H20F30N3O8PS2/c1-3-54(65(57,58)21(49,50)17(39,40)13(31,32)9(23,24)11(27,28)15(35,36)19(43,44)45)5-7-61-64(56,63-53)62-8-6-55(4-2)66(59,60)22(51,52)18(41,42)14(33,34)10(25,26)12(29,30)16(37,38)20(46,47)48/h3-8,53H2,1-2H3/q+1. The molecule has 0 aliphatic rings. The van der Waals surface area contributed by atoms with E-state index in [0.717, 1.165) is 0 Å². The molecule has 66 heavy (non-hydrogen) atoms. The highest BCUT2D eigenvalue weighted by Gasteiger charge is 2.98. The highest BCUT2D eigenvalue weighted by Crippen LogP contribution is 2.65. The van der Waals surface area contributed by atoms with Crippen molar-refractivity contribution in [2.45, 2.75) is 95.9 Å². The Morgan fingerprint density at radius 1 is 0.500 bits per heavy atom. The third-order valence-electron chi connectivity index (χ3n) is 7.94. The predicted octanol–water partition coefficient (Wildman–Crippen LogP) is 8.34. The fraction of sp³-hybridized carbons (Fsp3) is 1.00. The van der Waals surface area contributed by atoms with Crippen LogP contribution in [0.2, 0.25) is 0 Å². The number of sulfonamides is 2. The summed E-state index contributed by atoms with van der Waals surface area (Å²) in [5.41, 5.74) is 0. The summed E-state index contributed by atoms with van der Waals surface area (Å²) in [5, 5.41) is -16.0. The van der Waals surface area contributed by atoms with Gasteiger partial charge in [0.15, 0.2) is 0 Å². The van der Waals surface area contributed by atoms with Crippen molar-refractivity contribution in [3.8, 4) is 0 Å². The minimum absolute atomic E-state index is 0.186. The summed E-state index contributed by atoms with van der Waals surface area (Å²) >= 11 is 0. The van der Waals surface area contributed by atoms with Gasteiger partial charge in [0.2, 0.25) is 0 Å².